The molecule has 3 aromatic heterocycles. The number of aromatic nitrogens is 3. The second-order valence-corrected chi connectivity index (χ2v) is 26.8. The van der Waals surface area contributed by atoms with Crippen molar-refractivity contribution in [1.29, 1.82) is 0 Å². The second-order valence-electron chi connectivity index (χ2n) is 26.4. The van der Waals surface area contributed by atoms with Crippen LogP contribution in [0.3, 0.4) is 0 Å². The first kappa shape index (κ1) is 64.5. The third-order valence-electron chi connectivity index (χ3n) is 17.7. The van der Waals surface area contributed by atoms with Gasteiger partial charge >= 0.3 is 0 Å². The number of aryl methyl sites for hydroxylation is 3. The van der Waals surface area contributed by atoms with Gasteiger partial charge in [-0.2, -0.15) is 0 Å². The monoisotopic (exact) mass is 1190 g/mol. The Kier molecular flexibility index (Phi) is 22.3. The van der Waals surface area contributed by atoms with E-state index in [2.05, 4.69) is 93.3 Å². The van der Waals surface area contributed by atoms with Gasteiger partial charge in [-0.25, -0.2) is 19.6 Å². The molecule has 13 rings (SSSR count). The number of rotatable bonds is 6. The fourth-order valence-corrected chi connectivity index (χ4v) is 12.5. The third-order valence-corrected chi connectivity index (χ3v) is 18.0. The summed E-state index contributed by atoms with van der Waals surface area (Å²) >= 11 is 5.97. The molecule has 0 atom stereocenters. The highest BCUT2D eigenvalue weighted by Gasteiger charge is 2.46. The number of pyridine rings is 3. The van der Waals surface area contributed by atoms with Crippen molar-refractivity contribution in [2.75, 3.05) is 23.8 Å². The SMILES string of the molecule is CC1(C)COC2(CCC(=O)CC2)OO1.Cc1ccc2c(Cl)ccnc2c1.Cc1ccc2c(NC3CCC(N)CC3)ccnc2c1.Cc1ccc2c(NC3CCC(NC4CCC5(CC4)OCC(C)(C)OO5)CC3)ccnc2c1.NC1CCC(N)CC1.[2HH]. The standard InChI is InChI=1S/C26H37N3O3.C16H21N3.C10H8ClN.C10H16O4.C6H14N2.H2/c1-18-4-9-22-23(12-15-27-24(22)16-18)29-20-7-5-19(6-8-20)28-21-10-13-26(14-11-21)30-17-25(2,3)31-32-26;1-11-2-7-14-15(8-9-18-16(14)10-11)19-13-5-3-12(17)4-6-13;1-7-2-3-8-9(11)4-5-12-10(8)6-7;1-9(2)7-12-10(14-13-9)5-3-8(11)4-6-10;7-5-1-2-6(8)4-3-5;/h4,9,12,15-16,19-21,28H,5-8,10-11,13-14,17H2,1-3H3,(H,27,29);2,7-10,12-13H,3-6,17H2,1H3,(H,18,19);2-6H,1H3;3-7H2,1-2H3;5-6H,1-4,7-8H2;1H/i;;;;;1+1. The Bertz CT molecular complexity index is 3080. The van der Waals surface area contributed by atoms with E-state index in [1.54, 1.807) is 12.3 Å². The number of ketones is 1. The molecule has 0 radical (unpaired) electrons. The van der Waals surface area contributed by atoms with E-state index in [1.165, 1.54) is 64.5 Å². The molecule has 85 heavy (non-hydrogen) atoms. The summed E-state index contributed by atoms with van der Waals surface area (Å²) in [5.74, 6) is -0.891. The van der Waals surface area contributed by atoms with Gasteiger partial charge in [-0.15, -0.1) is 0 Å². The maximum Gasteiger partial charge on any atom is 0.202 e. The van der Waals surface area contributed by atoms with Crippen molar-refractivity contribution in [2.45, 2.75) is 242 Å². The second kappa shape index (κ2) is 29.4. The quantitative estimate of drug-likeness (QED) is 0.0853. The first-order chi connectivity index (χ1) is 40.7. The van der Waals surface area contributed by atoms with E-state index < -0.39 is 11.6 Å². The van der Waals surface area contributed by atoms with Crippen molar-refractivity contribution in [3.8, 4) is 0 Å². The largest absolute Gasteiger partial charge is 0.382 e. The molecule has 5 saturated carbocycles. The molecule has 0 bridgehead atoms. The number of carbonyl (C=O) groups is 1. The molecule has 464 valence electrons. The van der Waals surface area contributed by atoms with Crippen LogP contribution in [-0.2, 0) is 33.8 Å². The lowest BCUT2D eigenvalue weighted by atomic mass is 9.86. The molecular weight excluding hydrogens is 1090 g/mol. The zero-order valence-corrected chi connectivity index (χ0v) is 52.3. The third kappa shape index (κ3) is 18.8. The Morgan fingerprint density at radius 2 is 0.835 bits per heavy atom. The van der Waals surface area contributed by atoms with Crippen molar-refractivity contribution in [2.24, 2.45) is 17.2 Å². The van der Waals surface area contributed by atoms with Gasteiger partial charge in [0, 0.05) is 128 Å². The highest BCUT2D eigenvalue weighted by Crippen LogP contribution is 2.40. The molecule has 2 saturated heterocycles. The van der Waals surface area contributed by atoms with Crippen LogP contribution in [-0.4, -0.2) is 99.0 Å². The molecule has 2 aliphatic heterocycles. The van der Waals surface area contributed by atoms with Crippen LogP contribution in [0, 0.1) is 20.8 Å². The minimum Gasteiger partial charge on any atom is -0.382 e. The molecule has 3 aromatic carbocycles. The van der Waals surface area contributed by atoms with Gasteiger partial charge in [0.05, 0.1) is 34.8 Å². The Morgan fingerprint density at radius 1 is 0.471 bits per heavy atom. The molecule has 6 aromatic rings. The summed E-state index contributed by atoms with van der Waals surface area (Å²) < 4.78 is 11.8. The lowest BCUT2D eigenvalue weighted by Gasteiger charge is -2.45. The Balaban J connectivity index is 0.000000152. The number of Topliss-reactive ketones (excluding diaryl/α,β-unsaturated/α-hetero) is 1. The average molecular weight is 1190 g/mol. The van der Waals surface area contributed by atoms with Crippen LogP contribution in [0.25, 0.3) is 32.7 Å². The number of hydrogen-bond donors (Lipinski definition) is 6. The molecule has 5 heterocycles. The number of nitrogens with zero attached hydrogens (tertiary/aromatic N) is 3. The number of fused-ring (bicyclic) bond motifs is 3. The van der Waals surface area contributed by atoms with Gasteiger partial charge < -0.3 is 42.6 Å². The van der Waals surface area contributed by atoms with Crippen LogP contribution >= 0.6 is 11.6 Å². The van der Waals surface area contributed by atoms with Crippen LogP contribution in [0.4, 0.5) is 11.4 Å². The number of benzene rings is 3. The van der Waals surface area contributed by atoms with Gasteiger partial charge in [0.15, 0.2) is 0 Å². The summed E-state index contributed by atoms with van der Waals surface area (Å²) in [5, 5.41) is 15.6. The Morgan fingerprint density at radius 3 is 1.27 bits per heavy atom. The van der Waals surface area contributed by atoms with Gasteiger partial charge in [0.2, 0.25) is 11.6 Å². The topological polar surface area (TPSA) is 225 Å². The summed E-state index contributed by atoms with van der Waals surface area (Å²) in [5.41, 5.74) is 25.7. The lowest BCUT2D eigenvalue weighted by molar-refractivity contribution is -0.511. The first-order valence-electron chi connectivity index (χ1n) is 31.5. The highest BCUT2D eigenvalue weighted by atomic mass is 35.5. The molecule has 7 aliphatic rings. The summed E-state index contributed by atoms with van der Waals surface area (Å²) in [6.45, 7) is 15.2. The van der Waals surface area contributed by atoms with E-state index in [0.29, 0.717) is 81.2 Å². The summed E-state index contributed by atoms with van der Waals surface area (Å²) in [7, 11) is 0. The number of hydrogen-bond acceptors (Lipinski definition) is 16. The molecular formula is C68H98ClN9O7. The van der Waals surface area contributed by atoms with Crippen molar-refractivity contribution < 1.29 is 35.2 Å². The van der Waals surface area contributed by atoms with E-state index in [9.17, 15) is 4.79 Å². The summed E-state index contributed by atoms with van der Waals surface area (Å²) in [4.78, 5) is 46.1. The summed E-state index contributed by atoms with van der Waals surface area (Å²) in [6.07, 6.45) is 25.7. The van der Waals surface area contributed by atoms with Crippen LogP contribution in [0.15, 0.2) is 91.4 Å². The Hall–Kier alpha value is -4.95. The molecule has 16 nitrogen and oxygen atoms in total. The minimum absolute atomic E-state index is 0. The van der Waals surface area contributed by atoms with Gasteiger partial charge in [0.1, 0.15) is 17.0 Å². The van der Waals surface area contributed by atoms with Gasteiger partial charge in [-0.1, -0.05) is 48.0 Å². The predicted octanol–water partition coefficient (Wildman–Crippen LogP) is 13.7. The molecule has 17 heteroatoms. The molecule has 7 fully saturated rings. The maximum absolute atomic E-state index is 11.1. The van der Waals surface area contributed by atoms with E-state index in [1.807, 2.05) is 65.2 Å². The first-order valence-corrected chi connectivity index (χ1v) is 31.9. The molecule has 5 aliphatic carbocycles. The van der Waals surface area contributed by atoms with E-state index >= 15 is 0 Å². The number of nitrogens with two attached hydrogens (primary N) is 3. The molecule has 9 N–H and O–H groups in total. The smallest absolute Gasteiger partial charge is 0.202 e. The molecule has 0 unspecified atom stereocenters. The van der Waals surface area contributed by atoms with E-state index in [4.69, 9.17) is 57.8 Å². The van der Waals surface area contributed by atoms with Crippen LogP contribution in [0.2, 0.25) is 5.02 Å². The number of carbonyl (C=O) groups excluding carboxylic acids is 1. The van der Waals surface area contributed by atoms with Crippen LogP contribution < -0.4 is 33.2 Å². The van der Waals surface area contributed by atoms with Gasteiger partial charge in [-0.05, 0) is 191 Å². The van der Waals surface area contributed by atoms with Gasteiger partial charge in [0.25, 0.3) is 0 Å². The zero-order chi connectivity index (χ0) is 60.2. The summed E-state index contributed by atoms with van der Waals surface area (Å²) in [6, 6.07) is 28.5. The van der Waals surface area contributed by atoms with Crippen molar-refractivity contribution >= 4 is 61.5 Å². The Labute approximate surface area is 510 Å². The lowest BCUT2D eigenvalue weighted by Crippen LogP contribution is -2.53. The molecule has 2 spiro atoms. The predicted molar refractivity (Wildman–Crippen MR) is 343 cm³/mol. The molecule has 0 amide bonds. The number of nitrogens with one attached hydrogen (secondary N) is 3. The van der Waals surface area contributed by atoms with E-state index in [-0.39, 0.29) is 18.4 Å². The number of ether oxygens (including phenoxy) is 2. The van der Waals surface area contributed by atoms with Crippen molar-refractivity contribution in [3.05, 3.63) is 113 Å². The number of halogens is 1. The zero-order valence-electron chi connectivity index (χ0n) is 51.6. The normalized spacial score (nSPS) is 27.8. The fourth-order valence-electron chi connectivity index (χ4n) is 12.3. The highest BCUT2D eigenvalue weighted by molar-refractivity contribution is 6.35. The maximum atomic E-state index is 11.1. The van der Waals surface area contributed by atoms with Gasteiger partial charge in [-0.3, -0.25) is 19.7 Å². The minimum atomic E-state index is -0.649. The number of anilines is 2. The van der Waals surface area contributed by atoms with Crippen molar-refractivity contribution in [1.82, 2.24) is 20.3 Å². The fraction of sp³-hybridized carbons (Fsp3) is 0.588. The van der Waals surface area contributed by atoms with Crippen LogP contribution in [0.1, 0.15) is 174 Å². The van der Waals surface area contributed by atoms with E-state index in [0.717, 1.165) is 104 Å². The van der Waals surface area contributed by atoms with Crippen molar-refractivity contribution in [3.63, 3.8) is 0 Å². The average Bonchev–Trinajstić information content (AvgIpc) is 2.65. The van der Waals surface area contributed by atoms with Crippen LogP contribution in [0.5, 0.6) is 0 Å².